The zero-order chi connectivity index (χ0) is 20.2. The Bertz CT molecular complexity index is 423. The molecule has 0 atom stereocenters. The molecule has 156 valence electrons. The molecule has 0 saturated heterocycles. The summed E-state index contributed by atoms with van der Waals surface area (Å²) in [5.41, 5.74) is 0. The topological polar surface area (TPSA) is 51.2 Å². The van der Waals surface area contributed by atoms with Crippen molar-refractivity contribution >= 4 is 17.3 Å². The first-order chi connectivity index (χ1) is 13.1. The van der Waals surface area contributed by atoms with E-state index >= 15 is 0 Å². The minimum atomic E-state index is 0.240. The van der Waals surface area contributed by atoms with Gasteiger partial charge in [0.2, 0.25) is 0 Å². The average Bonchev–Trinajstić information content (AvgIpc) is 2.63. The van der Waals surface area contributed by atoms with E-state index < -0.39 is 0 Å². The molecule has 0 aliphatic heterocycles. The van der Waals surface area contributed by atoms with Gasteiger partial charge in [-0.1, -0.05) is 57.9 Å². The van der Waals surface area contributed by atoms with E-state index in [9.17, 15) is 14.4 Å². The Labute approximate surface area is 167 Å². The van der Waals surface area contributed by atoms with Crippen LogP contribution >= 0.6 is 0 Å². The summed E-state index contributed by atoms with van der Waals surface area (Å²) in [5, 5.41) is 0. The molecule has 0 aromatic carbocycles. The number of ketones is 3. The predicted octanol–water partition coefficient (Wildman–Crippen LogP) is 6.92. The third kappa shape index (κ3) is 20.9. The van der Waals surface area contributed by atoms with Crippen molar-refractivity contribution in [2.24, 2.45) is 0 Å². The second-order valence-corrected chi connectivity index (χ2v) is 7.79. The Morgan fingerprint density at radius 1 is 0.630 bits per heavy atom. The number of hydrogen-bond acceptors (Lipinski definition) is 3. The van der Waals surface area contributed by atoms with Crippen LogP contribution in [0, 0.1) is 0 Å². The third-order valence-corrected chi connectivity index (χ3v) is 4.89. The fraction of sp³-hybridized carbons (Fsp3) is 0.792. The first-order valence-corrected chi connectivity index (χ1v) is 11.3. The van der Waals surface area contributed by atoms with E-state index in [2.05, 4.69) is 6.92 Å². The molecular formula is C24H42O3. The van der Waals surface area contributed by atoms with Crippen molar-refractivity contribution in [3.8, 4) is 0 Å². The van der Waals surface area contributed by atoms with E-state index in [0.717, 1.165) is 83.5 Å². The molecule has 0 unspecified atom stereocenters. The quantitative estimate of drug-likeness (QED) is 0.171. The minimum Gasteiger partial charge on any atom is -0.300 e. The van der Waals surface area contributed by atoms with Gasteiger partial charge in [0.1, 0.15) is 11.6 Å². The predicted molar refractivity (Wildman–Crippen MR) is 114 cm³/mol. The first-order valence-electron chi connectivity index (χ1n) is 11.3. The highest BCUT2D eigenvalue weighted by molar-refractivity contribution is 5.89. The van der Waals surface area contributed by atoms with Gasteiger partial charge in [0.15, 0.2) is 5.78 Å². The maximum absolute atomic E-state index is 11.8. The van der Waals surface area contributed by atoms with Gasteiger partial charge in [0, 0.05) is 25.7 Å². The van der Waals surface area contributed by atoms with E-state index in [0.29, 0.717) is 18.6 Å². The molecule has 0 N–H and O–H groups in total. The summed E-state index contributed by atoms with van der Waals surface area (Å²) in [4.78, 5) is 34.1. The molecule has 0 amide bonds. The summed E-state index contributed by atoms with van der Waals surface area (Å²) >= 11 is 0. The van der Waals surface area contributed by atoms with Gasteiger partial charge in [-0.15, -0.1) is 0 Å². The van der Waals surface area contributed by atoms with E-state index in [1.54, 1.807) is 13.0 Å². The maximum atomic E-state index is 11.8. The summed E-state index contributed by atoms with van der Waals surface area (Å²) in [7, 11) is 0. The molecule has 0 aromatic rings. The standard InChI is InChI=1S/C24H42O3/c1-3-4-18-23(26)19-14-10-6-5-7-11-15-20-24(27)21-16-12-8-9-13-17-22(2)25/h15,20H,3-14,16-19,21H2,1-2H3. The minimum absolute atomic E-state index is 0.240. The normalized spacial score (nSPS) is 11.2. The van der Waals surface area contributed by atoms with Gasteiger partial charge in [0.25, 0.3) is 0 Å². The van der Waals surface area contributed by atoms with Crippen molar-refractivity contribution in [1.29, 1.82) is 0 Å². The highest BCUT2D eigenvalue weighted by Gasteiger charge is 2.01. The molecule has 0 aliphatic rings. The summed E-state index contributed by atoms with van der Waals surface area (Å²) in [6.45, 7) is 3.76. The van der Waals surface area contributed by atoms with Crippen LogP contribution in [0.5, 0.6) is 0 Å². The van der Waals surface area contributed by atoms with Crippen LogP contribution in [0.15, 0.2) is 12.2 Å². The van der Waals surface area contributed by atoms with E-state index in [1.165, 1.54) is 12.8 Å². The molecule has 0 radical (unpaired) electrons. The molecule has 0 aromatic heterocycles. The molecule has 0 spiro atoms. The SMILES string of the molecule is CCCCC(=O)CCCCCCCC=CC(=O)CCCCCCCC(C)=O. The van der Waals surface area contributed by atoms with Gasteiger partial charge >= 0.3 is 0 Å². The molecule has 3 nitrogen and oxygen atoms in total. The number of Topliss-reactive ketones (excluding diaryl/α,β-unsaturated/α-hetero) is 2. The Kier molecular flexibility index (Phi) is 18.6. The fourth-order valence-corrected chi connectivity index (χ4v) is 3.12. The van der Waals surface area contributed by atoms with Crippen LogP contribution in [0.25, 0.3) is 0 Å². The monoisotopic (exact) mass is 378 g/mol. The molecule has 0 fully saturated rings. The molecule has 0 saturated carbocycles. The smallest absolute Gasteiger partial charge is 0.155 e. The second kappa shape index (κ2) is 19.5. The van der Waals surface area contributed by atoms with Crippen molar-refractivity contribution in [2.45, 2.75) is 123 Å². The molecule has 0 rings (SSSR count). The first kappa shape index (κ1) is 25.8. The lowest BCUT2D eigenvalue weighted by Crippen LogP contribution is -1.96. The molecular weight excluding hydrogens is 336 g/mol. The molecule has 0 aliphatic carbocycles. The number of hydrogen-bond donors (Lipinski definition) is 0. The summed E-state index contributed by atoms with van der Waals surface area (Å²) in [6.07, 6.45) is 20.7. The van der Waals surface area contributed by atoms with Gasteiger partial charge in [0.05, 0.1) is 0 Å². The number of allylic oxidation sites excluding steroid dienone is 2. The summed E-state index contributed by atoms with van der Waals surface area (Å²) < 4.78 is 0. The second-order valence-electron chi connectivity index (χ2n) is 7.79. The van der Waals surface area contributed by atoms with Crippen LogP contribution in [-0.2, 0) is 14.4 Å². The summed E-state index contributed by atoms with van der Waals surface area (Å²) in [6, 6.07) is 0. The number of rotatable bonds is 20. The highest BCUT2D eigenvalue weighted by Crippen LogP contribution is 2.11. The fourth-order valence-electron chi connectivity index (χ4n) is 3.12. The molecule has 3 heteroatoms. The number of carbonyl (C=O) groups is 3. The Balaban J connectivity index is 3.36. The van der Waals surface area contributed by atoms with Crippen LogP contribution in [0.4, 0.5) is 0 Å². The van der Waals surface area contributed by atoms with Gasteiger partial charge in [-0.05, 0) is 51.5 Å². The van der Waals surface area contributed by atoms with Gasteiger partial charge in [-0.25, -0.2) is 0 Å². The van der Waals surface area contributed by atoms with Crippen molar-refractivity contribution in [1.82, 2.24) is 0 Å². The zero-order valence-electron chi connectivity index (χ0n) is 17.9. The largest absolute Gasteiger partial charge is 0.300 e. The van der Waals surface area contributed by atoms with Gasteiger partial charge in [-0.3, -0.25) is 9.59 Å². The molecule has 0 bridgehead atoms. The highest BCUT2D eigenvalue weighted by atomic mass is 16.1. The van der Waals surface area contributed by atoms with Crippen molar-refractivity contribution < 1.29 is 14.4 Å². The van der Waals surface area contributed by atoms with Crippen LogP contribution in [0.2, 0.25) is 0 Å². The van der Waals surface area contributed by atoms with Gasteiger partial charge < -0.3 is 4.79 Å². The van der Waals surface area contributed by atoms with E-state index in [4.69, 9.17) is 0 Å². The number of unbranched alkanes of at least 4 members (excludes halogenated alkanes) is 10. The Morgan fingerprint density at radius 2 is 1.15 bits per heavy atom. The Morgan fingerprint density at radius 3 is 1.78 bits per heavy atom. The van der Waals surface area contributed by atoms with Crippen LogP contribution < -0.4 is 0 Å². The lowest BCUT2D eigenvalue weighted by molar-refractivity contribution is -0.119. The van der Waals surface area contributed by atoms with E-state index in [1.807, 2.05) is 6.08 Å². The van der Waals surface area contributed by atoms with Crippen molar-refractivity contribution in [2.75, 3.05) is 0 Å². The third-order valence-electron chi connectivity index (χ3n) is 4.89. The number of carbonyl (C=O) groups excluding carboxylic acids is 3. The lowest BCUT2D eigenvalue weighted by atomic mass is 10.0. The van der Waals surface area contributed by atoms with Crippen LogP contribution in [0.3, 0.4) is 0 Å². The van der Waals surface area contributed by atoms with Crippen LogP contribution in [0.1, 0.15) is 123 Å². The van der Waals surface area contributed by atoms with Crippen LogP contribution in [-0.4, -0.2) is 17.3 Å². The average molecular weight is 379 g/mol. The summed E-state index contributed by atoms with van der Waals surface area (Å²) in [5.74, 6) is 0.937. The zero-order valence-corrected chi connectivity index (χ0v) is 17.9. The lowest BCUT2D eigenvalue weighted by Gasteiger charge is -2.01. The van der Waals surface area contributed by atoms with E-state index in [-0.39, 0.29) is 11.6 Å². The van der Waals surface area contributed by atoms with Gasteiger partial charge in [-0.2, -0.15) is 0 Å². The molecule has 0 heterocycles. The maximum Gasteiger partial charge on any atom is 0.155 e. The van der Waals surface area contributed by atoms with Crippen molar-refractivity contribution in [3.63, 3.8) is 0 Å². The van der Waals surface area contributed by atoms with Crippen molar-refractivity contribution in [3.05, 3.63) is 12.2 Å². The Hall–Kier alpha value is -1.25. The molecule has 27 heavy (non-hydrogen) atoms.